The van der Waals surface area contributed by atoms with Crippen molar-refractivity contribution in [2.75, 3.05) is 0 Å². The Morgan fingerprint density at radius 3 is 1.23 bits per heavy atom. The molecule has 39 heavy (non-hydrogen) atoms. The fraction of sp³-hybridized carbons (Fsp3) is 1.00. The molecule has 0 N–H and O–H groups in total. The molecule has 15 atom stereocenters. The van der Waals surface area contributed by atoms with Gasteiger partial charge in [-0.15, -0.1) is 0 Å². The van der Waals surface area contributed by atoms with E-state index in [0.29, 0.717) is 10.8 Å². The quantitative estimate of drug-likeness (QED) is 0.298. The van der Waals surface area contributed by atoms with Crippen LogP contribution >= 0.6 is 0 Å². The lowest BCUT2D eigenvalue weighted by Crippen LogP contribution is -2.51. The van der Waals surface area contributed by atoms with Gasteiger partial charge in [-0.05, 0) is 143 Å². The molecule has 15 unspecified atom stereocenters. The molecule has 0 saturated heterocycles. The molecule has 0 aliphatic heterocycles. The molecule has 0 spiro atoms. The maximum absolute atomic E-state index is 2.98. The van der Waals surface area contributed by atoms with Crippen LogP contribution in [0.3, 0.4) is 0 Å². The van der Waals surface area contributed by atoms with Gasteiger partial charge in [-0.1, -0.05) is 96.2 Å². The highest BCUT2D eigenvalue weighted by Crippen LogP contribution is 2.72. The summed E-state index contributed by atoms with van der Waals surface area (Å²) in [6.45, 7) is 37.4. The molecule has 0 radical (unpaired) electrons. The van der Waals surface area contributed by atoms with Crippen LogP contribution in [0.1, 0.15) is 122 Å². The second-order valence-corrected chi connectivity index (χ2v) is 24.6. The summed E-state index contributed by atoms with van der Waals surface area (Å²) in [5.41, 5.74) is 3.04. The molecule has 0 aromatic heterocycles. The summed E-state index contributed by atoms with van der Waals surface area (Å²) in [4.78, 5) is 0. The van der Waals surface area contributed by atoms with E-state index >= 15 is 0 Å². The Bertz CT molecular complexity index is 834. The van der Waals surface area contributed by atoms with Crippen molar-refractivity contribution in [3.05, 3.63) is 0 Å². The van der Waals surface area contributed by atoms with Crippen molar-refractivity contribution in [3.8, 4) is 0 Å². The molecule has 5 fully saturated rings. The monoisotopic (exact) mass is 555 g/mol. The van der Waals surface area contributed by atoms with E-state index in [1.54, 1.807) is 25.7 Å². The Labute approximate surface area is 247 Å². The zero-order chi connectivity index (χ0) is 29.0. The predicted molar refractivity (Wildman–Crippen MR) is 174 cm³/mol. The average Bonchev–Trinajstić information content (AvgIpc) is 3.32. The summed E-state index contributed by atoms with van der Waals surface area (Å²) < 4.78 is 0. The van der Waals surface area contributed by atoms with E-state index in [2.05, 4.69) is 96.2 Å². The second-order valence-electron chi connectivity index (χ2n) is 19.6. The fourth-order valence-corrected chi connectivity index (χ4v) is 20.1. The van der Waals surface area contributed by atoms with E-state index in [9.17, 15) is 0 Å². The maximum atomic E-state index is 2.98. The van der Waals surface area contributed by atoms with Gasteiger partial charge in [0.1, 0.15) is 0 Å². The molecule has 5 saturated carbocycles. The third-order valence-corrected chi connectivity index (χ3v) is 21.3. The van der Waals surface area contributed by atoms with Crippen molar-refractivity contribution in [2.24, 2.45) is 93.7 Å². The number of hydrogen-bond donors (Lipinski definition) is 0. The summed E-state index contributed by atoms with van der Waals surface area (Å²) in [6.07, 6.45) is 9.26. The van der Waals surface area contributed by atoms with Crippen LogP contribution in [-0.4, -0.2) is 8.07 Å². The van der Waals surface area contributed by atoms with Crippen LogP contribution in [0, 0.1) is 93.7 Å². The lowest BCUT2D eigenvalue weighted by molar-refractivity contribution is 0.0133. The zero-order valence-corrected chi connectivity index (χ0v) is 30.0. The van der Waals surface area contributed by atoms with Crippen LogP contribution in [0.25, 0.3) is 0 Å². The third-order valence-electron chi connectivity index (χ3n) is 16.1. The summed E-state index contributed by atoms with van der Waals surface area (Å²) in [5.74, 6) is 13.4. The Balaban J connectivity index is 1.56. The topological polar surface area (TPSA) is 0 Å². The predicted octanol–water partition coefficient (Wildman–Crippen LogP) is 11.7. The van der Waals surface area contributed by atoms with E-state index in [1.807, 2.05) is 0 Å². The van der Waals surface area contributed by atoms with E-state index in [0.717, 1.165) is 93.9 Å². The van der Waals surface area contributed by atoms with Gasteiger partial charge in [0.05, 0.1) is 8.07 Å². The van der Waals surface area contributed by atoms with Crippen molar-refractivity contribution in [1.29, 1.82) is 0 Å². The molecule has 0 heterocycles. The van der Waals surface area contributed by atoms with Crippen LogP contribution in [0.15, 0.2) is 0 Å². The van der Waals surface area contributed by atoms with Crippen LogP contribution in [-0.2, 0) is 0 Å². The first-order valence-electron chi connectivity index (χ1n) is 17.9. The van der Waals surface area contributed by atoms with Gasteiger partial charge in [-0.2, -0.15) is 0 Å². The van der Waals surface area contributed by atoms with Gasteiger partial charge in [-0.3, -0.25) is 0 Å². The van der Waals surface area contributed by atoms with Gasteiger partial charge < -0.3 is 0 Å². The molecular formula is C38H70Si. The minimum atomic E-state index is -1.57. The molecule has 1 heteroatoms. The number of rotatable bonds is 2. The van der Waals surface area contributed by atoms with Crippen LogP contribution < -0.4 is 0 Å². The second kappa shape index (κ2) is 10.1. The maximum Gasteiger partial charge on any atom is 0.0547 e. The Morgan fingerprint density at radius 2 is 0.821 bits per heavy atom. The molecular weight excluding hydrogens is 485 g/mol. The molecule has 5 rings (SSSR count). The number of fused-ring (bicyclic) bond motifs is 4. The van der Waals surface area contributed by atoms with Gasteiger partial charge in [-0.25, -0.2) is 0 Å². The standard InChI is InChI=1S/C38H70Si/c1-21-22(2)24(4)34-33(23(21)3)25(5)26(6)35(34)39(13,14)36-31-19-27(37(7,8)9)15-17-29(31)30-18-16-28(20-32(30)36)38(10,11)12/h21-36H,15-20H2,1-14H3. The highest BCUT2D eigenvalue weighted by Gasteiger charge is 2.65. The fourth-order valence-electron chi connectivity index (χ4n) is 13.5. The Hall–Kier alpha value is 0.217. The normalized spacial score (nSPS) is 52.8. The number of hydrogen-bond acceptors (Lipinski definition) is 0. The average molecular weight is 555 g/mol. The van der Waals surface area contributed by atoms with Gasteiger partial charge >= 0.3 is 0 Å². The van der Waals surface area contributed by atoms with E-state index in [4.69, 9.17) is 0 Å². The van der Waals surface area contributed by atoms with Gasteiger partial charge in [0.15, 0.2) is 0 Å². The first kappa shape index (κ1) is 30.7. The van der Waals surface area contributed by atoms with Crippen LogP contribution in [0.2, 0.25) is 24.2 Å². The van der Waals surface area contributed by atoms with E-state index in [1.165, 1.54) is 12.8 Å². The highest BCUT2D eigenvalue weighted by atomic mass is 28.3. The van der Waals surface area contributed by atoms with Gasteiger partial charge in [0.25, 0.3) is 0 Å². The van der Waals surface area contributed by atoms with Crippen LogP contribution in [0.5, 0.6) is 0 Å². The Kier molecular flexibility index (Phi) is 7.98. The van der Waals surface area contributed by atoms with E-state index < -0.39 is 8.07 Å². The van der Waals surface area contributed by atoms with Crippen molar-refractivity contribution < 1.29 is 0 Å². The van der Waals surface area contributed by atoms with E-state index in [-0.39, 0.29) is 0 Å². The first-order chi connectivity index (χ1) is 17.9. The zero-order valence-electron chi connectivity index (χ0n) is 29.0. The third kappa shape index (κ3) is 4.80. The van der Waals surface area contributed by atoms with Crippen molar-refractivity contribution in [3.63, 3.8) is 0 Å². The van der Waals surface area contributed by atoms with Gasteiger partial charge in [0, 0.05) is 0 Å². The molecule has 0 bridgehead atoms. The molecule has 0 aromatic carbocycles. The molecule has 0 aromatic rings. The Morgan fingerprint density at radius 1 is 0.436 bits per heavy atom. The summed E-state index contributed by atoms with van der Waals surface area (Å²) >= 11 is 0. The van der Waals surface area contributed by atoms with Crippen LogP contribution in [0.4, 0.5) is 0 Å². The van der Waals surface area contributed by atoms with Crippen molar-refractivity contribution >= 4 is 8.07 Å². The minimum Gasteiger partial charge on any atom is -0.0689 e. The molecule has 0 amide bonds. The smallest absolute Gasteiger partial charge is 0.0547 e. The SMILES string of the molecule is CC1C(C)C(C)C2C(C1C)C(C)C(C)C2[Si](C)(C)C1C2CC(C(C)(C)C)CCC2C2CCC(C(C)(C)C)CC21. The summed E-state index contributed by atoms with van der Waals surface area (Å²) in [6, 6.07) is 0. The largest absolute Gasteiger partial charge is 0.0689 e. The van der Waals surface area contributed by atoms with Crippen molar-refractivity contribution in [2.45, 2.75) is 146 Å². The minimum absolute atomic E-state index is 0.474. The lowest BCUT2D eigenvalue weighted by atomic mass is 9.58. The molecule has 5 aliphatic rings. The van der Waals surface area contributed by atoms with Gasteiger partial charge in [0.2, 0.25) is 0 Å². The van der Waals surface area contributed by atoms with Crippen molar-refractivity contribution in [1.82, 2.24) is 0 Å². The molecule has 226 valence electrons. The summed E-state index contributed by atoms with van der Waals surface area (Å²) in [5, 5.41) is 0. The molecule has 5 aliphatic carbocycles. The first-order valence-corrected chi connectivity index (χ1v) is 21.0. The lowest BCUT2D eigenvalue weighted by Gasteiger charge is -2.54. The highest BCUT2D eigenvalue weighted by molar-refractivity contribution is 6.80. The summed E-state index contributed by atoms with van der Waals surface area (Å²) in [7, 11) is -1.57. The molecule has 0 nitrogen and oxygen atoms in total.